The van der Waals surface area contributed by atoms with E-state index in [1.165, 1.54) is 23.5 Å². The zero-order valence-electron chi connectivity index (χ0n) is 9.22. The van der Waals surface area contributed by atoms with Crippen LogP contribution in [0.3, 0.4) is 0 Å². The Morgan fingerprint density at radius 3 is 2.76 bits per heavy atom. The normalized spacial score (nSPS) is 17.3. The van der Waals surface area contributed by atoms with Crippen molar-refractivity contribution in [1.29, 1.82) is 0 Å². The van der Waals surface area contributed by atoms with E-state index >= 15 is 0 Å². The lowest BCUT2D eigenvalue weighted by Gasteiger charge is -2.15. The number of thioether (sulfide) groups is 1. The molecule has 0 aromatic heterocycles. The molecule has 0 saturated carbocycles. The summed E-state index contributed by atoms with van der Waals surface area (Å²) in [5, 5.41) is 0. The molecule has 1 aliphatic rings. The van der Waals surface area contributed by atoms with Crippen molar-refractivity contribution < 1.29 is 17.5 Å². The monoisotopic (exact) mass is 277 g/mol. The molecule has 0 atom stereocenters. The number of hydrogen-bond acceptors (Lipinski definition) is 4. The molecule has 2 rings (SSSR count). The first-order valence-corrected chi connectivity index (χ1v) is 7.56. The van der Waals surface area contributed by atoms with Crippen molar-refractivity contribution >= 4 is 21.8 Å². The molecule has 1 heterocycles. The minimum atomic E-state index is -3.57. The molecule has 0 radical (unpaired) electrons. The summed E-state index contributed by atoms with van der Waals surface area (Å²) in [5.74, 6) is 0.577. The standard InChI is InChI=1S/C10H12FNO3S2/c1-15-10-3-2-8(6-9(10)11)17(13,14)12-4-5-16-7-12/h2-3,6H,4-5,7H2,1H3. The maximum Gasteiger partial charge on any atom is 0.243 e. The summed E-state index contributed by atoms with van der Waals surface area (Å²) in [6.07, 6.45) is 0. The molecular weight excluding hydrogens is 265 g/mol. The summed E-state index contributed by atoms with van der Waals surface area (Å²) < 4.78 is 43.7. The van der Waals surface area contributed by atoms with Gasteiger partial charge in [-0.05, 0) is 18.2 Å². The second-order valence-corrected chi connectivity index (χ2v) is 6.53. The minimum absolute atomic E-state index is 0.0294. The maximum atomic E-state index is 13.5. The fraction of sp³-hybridized carbons (Fsp3) is 0.400. The van der Waals surface area contributed by atoms with Crippen LogP contribution in [-0.4, -0.2) is 38.0 Å². The van der Waals surface area contributed by atoms with Gasteiger partial charge in [0, 0.05) is 12.3 Å². The molecule has 0 aliphatic carbocycles. The number of benzene rings is 1. The van der Waals surface area contributed by atoms with Crippen molar-refractivity contribution in [3.63, 3.8) is 0 Å². The maximum absolute atomic E-state index is 13.5. The first kappa shape index (κ1) is 12.7. The molecule has 0 amide bonds. The molecule has 1 aromatic carbocycles. The van der Waals surface area contributed by atoms with E-state index in [4.69, 9.17) is 4.74 Å². The topological polar surface area (TPSA) is 46.6 Å². The molecule has 1 aliphatic heterocycles. The minimum Gasteiger partial charge on any atom is -0.494 e. The van der Waals surface area contributed by atoms with E-state index in [-0.39, 0.29) is 10.6 Å². The van der Waals surface area contributed by atoms with Crippen LogP contribution in [0.5, 0.6) is 5.75 Å². The van der Waals surface area contributed by atoms with Gasteiger partial charge in [-0.2, -0.15) is 4.31 Å². The molecule has 1 saturated heterocycles. The van der Waals surface area contributed by atoms with E-state index in [9.17, 15) is 12.8 Å². The molecule has 0 bridgehead atoms. The Morgan fingerprint density at radius 1 is 1.47 bits per heavy atom. The molecular formula is C10H12FNO3S2. The summed E-state index contributed by atoms with van der Waals surface area (Å²) in [7, 11) is -2.23. The highest BCUT2D eigenvalue weighted by Crippen LogP contribution is 2.26. The van der Waals surface area contributed by atoms with Crippen molar-refractivity contribution in [2.24, 2.45) is 0 Å². The first-order valence-electron chi connectivity index (χ1n) is 4.97. The Kier molecular flexibility index (Phi) is 3.60. The Morgan fingerprint density at radius 2 is 2.24 bits per heavy atom. The van der Waals surface area contributed by atoms with Gasteiger partial charge in [0.05, 0.1) is 17.9 Å². The zero-order chi connectivity index (χ0) is 12.5. The third-order valence-electron chi connectivity index (χ3n) is 2.48. The first-order chi connectivity index (χ1) is 8.05. The van der Waals surface area contributed by atoms with E-state index in [0.717, 1.165) is 11.8 Å². The fourth-order valence-corrected chi connectivity index (χ4v) is 4.37. The highest BCUT2D eigenvalue weighted by atomic mass is 32.2. The summed E-state index contributed by atoms with van der Waals surface area (Å²) in [5.41, 5.74) is 0. The van der Waals surface area contributed by atoms with Crippen LogP contribution in [0.25, 0.3) is 0 Å². The molecule has 1 aromatic rings. The molecule has 0 spiro atoms. The average Bonchev–Trinajstić information content (AvgIpc) is 2.83. The van der Waals surface area contributed by atoms with E-state index in [2.05, 4.69) is 0 Å². The summed E-state index contributed by atoms with van der Waals surface area (Å²) in [6.45, 7) is 0.473. The van der Waals surface area contributed by atoms with Gasteiger partial charge in [-0.15, -0.1) is 11.8 Å². The molecule has 1 fully saturated rings. The lowest BCUT2D eigenvalue weighted by Crippen LogP contribution is -2.28. The Labute approximate surface area is 104 Å². The largest absolute Gasteiger partial charge is 0.494 e. The predicted octanol–water partition coefficient (Wildman–Crippen LogP) is 1.53. The van der Waals surface area contributed by atoms with Crippen LogP contribution < -0.4 is 4.74 Å². The molecule has 0 N–H and O–H groups in total. The quantitative estimate of drug-likeness (QED) is 0.840. The van der Waals surface area contributed by atoms with E-state index in [1.54, 1.807) is 11.8 Å². The number of nitrogens with zero attached hydrogens (tertiary/aromatic N) is 1. The second-order valence-electron chi connectivity index (χ2n) is 3.51. The smallest absolute Gasteiger partial charge is 0.243 e. The van der Waals surface area contributed by atoms with Crippen LogP contribution in [0, 0.1) is 5.82 Å². The van der Waals surface area contributed by atoms with Crippen LogP contribution in [0.2, 0.25) is 0 Å². The third kappa shape index (κ3) is 2.41. The average molecular weight is 277 g/mol. The molecule has 94 valence electrons. The fourth-order valence-electron chi connectivity index (χ4n) is 1.54. The Balaban J connectivity index is 2.36. The lowest BCUT2D eigenvalue weighted by atomic mass is 10.3. The van der Waals surface area contributed by atoms with Gasteiger partial charge in [-0.3, -0.25) is 0 Å². The van der Waals surface area contributed by atoms with Crippen LogP contribution >= 0.6 is 11.8 Å². The molecule has 17 heavy (non-hydrogen) atoms. The van der Waals surface area contributed by atoms with Crippen molar-refractivity contribution in [2.75, 3.05) is 25.3 Å². The van der Waals surface area contributed by atoms with E-state index < -0.39 is 15.8 Å². The molecule has 7 heteroatoms. The highest BCUT2D eigenvalue weighted by molar-refractivity contribution is 8.00. The number of rotatable bonds is 3. The zero-order valence-corrected chi connectivity index (χ0v) is 10.9. The number of methoxy groups -OCH3 is 1. The van der Waals surface area contributed by atoms with Crippen molar-refractivity contribution in [1.82, 2.24) is 4.31 Å². The Hall–Kier alpha value is -0.790. The predicted molar refractivity (Wildman–Crippen MR) is 64.2 cm³/mol. The van der Waals surface area contributed by atoms with Gasteiger partial charge < -0.3 is 4.74 Å². The highest BCUT2D eigenvalue weighted by Gasteiger charge is 2.28. The van der Waals surface area contributed by atoms with E-state index in [0.29, 0.717) is 12.4 Å². The number of ether oxygens (including phenoxy) is 1. The van der Waals surface area contributed by atoms with Crippen LogP contribution in [-0.2, 0) is 10.0 Å². The van der Waals surface area contributed by atoms with Gasteiger partial charge in [-0.1, -0.05) is 0 Å². The lowest BCUT2D eigenvalue weighted by molar-refractivity contribution is 0.385. The molecule has 0 unspecified atom stereocenters. The van der Waals surface area contributed by atoms with Gasteiger partial charge in [0.1, 0.15) is 0 Å². The van der Waals surface area contributed by atoms with Crippen LogP contribution in [0.15, 0.2) is 23.1 Å². The SMILES string of the molecule is COc1ccc(S(=O)(=O)N2CCSC2)cc1F. The summed E-state index contributed by atoms with van der Waals surface area (Å²) in [6, 6.07) is 3.68. The van der Waals surface area contributed by atoms with Gasteiger partial charge in [0.25, 0.3) is 0 Å². The van der Waals surface area contributed by atoms with Gasteiger partial charge in [0.2, 0.25) is 10.0 Å². The number of hydrogen-bond donors (Lipinski definition) is 0. The van der Waals surface area contributed by atoms with Crippen molar-refractivity contribution in [3.05, 3.63) is 24.0 Å². The van der Waals surface area contributed by atoms with Crippen LogP contribution in [0.4, 0.5) is 4.39 Å². The third-order valence-corrected chi connectivity index (χ3v) is 5.45. The van der Waals surface area contributed by atoms with Crippen molar-refractivity contribution in [2.45, 2.75) is 4.90 Å². The molecule has 4 nitrogen and oxygen atoms in total. The number of sulfonamides is 1. The second kappa shape index (κ2) is 4.83. The van der Waals surface area contributed by atoms with Gasteiger partial charge >= 0.3 is 0 Å². The summed E-state index contributed by atoms with van der Waals surface area (Å²) in [4.78, 5) is -0.0294. The van der Waals surface area contributed by atoms with Crippen LogP contribution in [0.1, 0.15) is 0 Å². The van der Waals surface area contributed by atoms with Gasteiger partial charge in [0.15, 0.2) is 11.6 Å². The van der Waals surface area contributed by atoms with Crippen molar-refractivity contribution in [3.8, 4) is 5.75 Å². The van der Waals surface area contributed by atoms with E-state index in [1.807, 2.05) is 0 Å². The Bertz CT molecular complexity index is 512. The summed E-state index contributed by atoms with van der Waals surface area (Å²) >= 11 is 1.54. The van der Waals surface area contributed by atoms with Gasteiger partial charge in [-0.25, -0.2) is 12.8 Å². The number of halogens is 1.